The van der Waals surface area contributed by atoms with Crippen molar-refractivity contribution in [3.05, 3.63) is 59.7 Å². The third-order valence-electron chi connectivity index (χ3n) is 14.2. The van der Waals surface area contributed by atoms with E-state index in [2.05, 4.69) is 13.8 Å². The molecule has 0 saturated heterocycles. The molecule has 0 bridgehead atoms. The van der Waals surface area contributed by atoms with Crippen molar-refractivity contribution in [2.75, 3.05) is 13.2 Å². The highest BCUT2D eigenvalue weighted by Crippen LogP contribution is 2.42. The molecule has 2 aromatic rings. The molecule has 64 heavy (non-hydrogen) atoms. The number of carbonyl (C=O) groups is 4. The van der Waals surface area contributed by atoms with E-state index in [-0.39, 0.29) is 36.8 Å². The third-order valence-corrected chi connectivity index (χ3v) is 14.2. The van der Waals surface area contributed by atoms with Gasteiger partial charge in [0.25, 0.3) is 11.2 Å². The lowest BCUT2D eigenvalue weighted by Crippen LogP contribution is -2.67. The molecule has 10 heteroatoms. The maximum absolute atomic E-state index is 13.9. The lowest BCUT2D eigenvalue weighted by Gasteiger charge is -2.43. The fourth-order valence-electron chi connectivity index (χ4n) is 10.1. The molecule has 2 saturated carbocycles. The molecule has 0 aliphatic heterocycles. The first-order valence-corrected chi connectivity index (χ1v) is 25.4. The van der Waals surface area contributed by atoms with Crippen molar-refractivity contribution >= 4 is 23.9 Å². The van der Waals surface area contributed by atoms with Crippen LogP contribution in [-0.2, 0) is 19.1 Å². The SMILES string of the molecule is CCCCC[C@H]1CC[C@H](CCCOc2ccc(C(=O)O[C@@](CCCC)(C(=O)O)[C@@](CCCC)(OC(=O)c3ccc(OCCC[C@H]4CC[C@H](CCCCC)CC4)cc3)C(=O)O)cc2)CC1. The van der Waals surface area contributed by atoms with E-state index in [0.717, 1.165) is 49.4 Å². The predicted molar refractivity (Wildman–Crippen MR) is 252 cm³/mol. The Bertz CT molecular complexity index is 1530. The molecule has 2 atom stereocenters. The molecule has 2 N–H and O–H groups in total. The van der Waals surface area contributed by atoms with Gasteiger partial charge in [-0.2, -0.15) is 0 Å². The number of hydrogen-bond acceptors (Lipinski definition) is 8. The van der Waals surface area contributed by atoms with E-state index < -0.39 is 35.1 Å². The largest absolute Gasteiger partial charge is 0.494 e. The monoisotopic (exact) mass is 891 g/mol. The second-order valence-electron chi connectivity index (χ2n) is 19.0. The Kier molecular flexibility index (Phi) is 23.0. The number of carboxylic acids is 2. The normalized spacial score (nSPS) is 20.6. The standard InChI is InChI=1S/C54H82O10/c1-5-9-13-17-41-21-25-43(26-22-41)19-15-39-61-47-33-29-45(30-34-47)49(55)63-53(51(57)58,37-11-7-3)54(52(59)60,38-12-8-4)64-50(56)46-31-35-48(36-32-46)62-40-16-20-44-27-23-42(24-28-44)18-14-10-6-2/h29-36,41-44H,5-28,37-40H2,1-4H3,(H,57,58)(H,59,60)/t41-,42-,43-,44-,53-,54-/m0/s1. The van der Waals surface area contributed by atoms with Crippen LogP contribution in [-0.4, -0.2) is 58.5 Å². The summed E-state index contributed by atoms with van der Waals surface area (Å²) in [5, 5.41) is 21.9. The van der Waals surface area contributed by atoms with E-state index >= 15 is 0 Å². The van der Waals surface area contributed by atoms with Crippen LogP contribution >= 0.6 is 0 Å². The smallest absolute Gasteiger partial charge is 0.353 e. The highest BCUT2D eigenvalue weighted by molar-refractivity contribution is 5.99. The van der Waals surface area contributed by atoms with Gasteiger partial charge in [-0.3, -0.25) is 0 Å². The second-order valence-corrected chi connectivity index (χ2v) is 19.0. The average molecular weight is 891 g/mol. The molecule has 2 fully saturated rings. The molecule has 0 radical (unpaired) electrons. The molecule has 2 aromatic carbocycles. The number of esters is 2. The van der Waals surface area contributed by atoms with Crippen LogP contribution in [0.5, 0.6) is 11.5 Å². The Morgan fingerprint density at radius 1 is 0.453 bits per heavy atom. The summed E-state index contributed by atoms with van der Waals surface area (Å²) in [5.41, 5.74) is -5.44. The Morgan fingerprint density at radius 2 is 0.750 bits per heavy atom. The van der Waals surface area contributed by atoms with Gasteiger partial charge in [-0.15, -0.1) is 0 Å². The number of aliphatic carboxylic acids is 2. The van der Waals surface area contributed by atoms with E-state index in [1.54, 1.807) is 24.3 Å². The minimum Gasteiger partial charge on any atom is -0.494 e. The van der Waals surface area contributed by atoms with Crippen molar-refractivity contribution < 1.29 is 48.3 Å². The van der Waals surface area contributed by atoms with Gasteiger partial charge in [0.05, 0.1) is 24.3 Å². The van der Waals surface area contributed by atoms with Gasteiger partial charge in [-0.25, -0.2) is 19.2 Å². The van der Waals surface area contributed by atoms with Crippen LogP contribution in [0.15, 0.2) is 48.5 Å². The maximum atomic E-state index is 13.9. The van der Waals surface area contributed by atoms with Gasteiger partial charge >= 0.3 is 23.9 Å². The van der Waals surface area contributed by atoms with Crippen LogP contribution in [0.25, 0.3) is 0 Å². The van der Waals surface area contributed by atoms with Crippen molar-refractivity contribution in [3.63, 3.8) is 0 Å². The van der Waals surface area contributed by atoms with Crippen molar-refractivity contribution in [1.29, 1.82) is 0 Å². The van der Waals surface area contributed by atoms with Gasteiger partial charge in [0.1, 0.15) is 11.5 Å². The zero-order valence-electron chi connectivity index (χ0n) is 39.9. The Labute approximate surface area is 384 Å². The summed E-state index contributed by atoms with van der Waals surface area (Å²) in [4.78, 5) is 54.7. The third kappa shape index (κ3) is 15.8. The molecule has 2 aliphatic carbocycles. The molecule has 10 nitrogen and oxygen atoms in total. The number of rotatable bonds is 31. The summed E-state index contributed by atoms with van der Waals surface area (Å²) in [6.45, 7) is 9.22. The maximum Gasteiger partial charge on any atom is 0.353 e. The van der Waals surface area contributed by atoms with E-state index in [1.807, 2.05) is 13.8 Å². The number of carboxylic acid groups (broad SMARTS) is 2. The first-order valence-electron chi connectivity index (χ1n) is 25.4. The first kappa shape index (κ1) is 52.5. The number of ether oxygens (including phenoxy) is 4. The van der Waals surface area contributed by atoms with Gasteiger partial charge in [-0.05, 0) is 111 Å². The van der Waals surface area contributed by atoms with Crippen molar-refractivity contribution in [1.82, 2.24) is 0 Å². The molecule has 0 aromatic heterocycles. The van der Waals surface area contributed by atoms with E-state index in [9.17, 15) is 29.4 Å². The first-order chi connectivity index (χ1) is 31.0. The van der Waals surface area contributed by atoms with E-state index in [0.29, 0.717) is 37.6 Å². The topological polar surface area (TPSA) is 146 Å². The minimum atomic E-state index is -2.74. The lowest BCUT2D eigenvalue weighted by molar-refractivity contribution is -0.211. The minimum absolute atomic E-state index is 0.0204. The van der Waals surface area contributed by atoms with Crippen LogP contribution in [0.2, 0.25) is 0 Å². The van der Waals surface area contributed by atoms with Crippen molar-refractivity contribution in [3.8, 4) is 11.5 Å². The van der Waals surface area contributed by atoms with Crippen LogP contribution in [0.3, 0.4) is 0 Å². The predicted octanol–water partition coefficient (Wildman–Crippen LogP) is 13.8. The summed E-state index contributed by atoms with van der Waals surface area (Å²) in [5.74, 6) is -1.12. The molecule has 358 valence electrons. The van der Waals surface area contributed by atoms with Gasteiger partial charge in [-0.1, -0.05) is 143 Å². The van der Waals surface area contributed by atoms with Gasteiger partial charge in [0.2, 0.25) is 0 Å². The summed E-state index contributed by atoms with van der Waals surface area (Å²) in [6.07, 6.45) is 25.7. The fraction of sp³-hybridized carbons (Fsp3) is 0.704. The molecule has 0 spiro atoms. The molecule has 4 rings (SSSR count). The van der Waals surface area contributed by atoms with Gasteiger partial charge in [0, 0.05) is 12.8 Å². The summed E-state index contributed by atoms with van der Waals surface area (Å²) < 4.78 is 23.8. The molecule has 0 amide bonds. The summed E-state index contributed by atoms with van der Waals surface area (Å²) in [6, 6.07) is 12.4. The van der Waals surface area contributed by atoms with E-state index in [4.69, 9.17) is 18.9 Å². The molecule has 0 heterocycles. The summed E-state index contributed by atoms with van der Waals surface area (Å²) in [7, 11) is 0. The number of benzene rings is 2. The summed E-state index contributed by atoms with van der Waals surface area (Å²) >= 11 is 0. The van der Waals surface area contributed by atoms with Gasteiger partial charge in [0.15, 0.2) is 0 Å². The molecular formula is C54H82O10. The molecule has 2 aliphatic rings. The Balaban J connectivity index is 1.37. The molecule has 0 unspecified atom stereocenters. The zero-order valence-corrected chi connectivity index (χ0v) is 39.9. The van der Waals surface area contributed by atoms with E-state index in [1.165, 1.54) is 127 Å². The Hall–Kier alpha value is -4.08. The van der Waals surface area contributed by atoms with Crippen LogP contribution < -0.4 is 9.47 Å². The van der Waals surface area contributed by atoms with Crippen molar-refractivity contribution in [2.24, 2.45) is 23.7 Å². The average Bonchev–Trinajstić information content (AvgIpc) is 3.30. The quantitative estimate of drug-likeness (QED) is 0.0554. The second kappa shape index (κ2) is 28.1. The van der Waals surface area contributed by atoms with Crippen LogP contribution in [0.4, 0.5) is 0 Å². The van der Waals surface area contributed by atoms with Crippen molar-refractivity contribution in [2.45, 2.75) is 206 Å². The highest BCUT2D eigenvalue weighted by atomic mass is 16.6. The fourth-order valence-corrected chi connectivity index (χ4v) is 10.1. The highest BCUT2D eigenvalue weighted by Gasteiger charge is 2.67. The zero-order chi connectivity index (χ0) is 46.2. The van der Waals surface area contributed by atoms with Crippen LogP contribution in [0.1, 0.15) is 215 Å². The number of hydrogen-bond donors (Lipinski definition) is 2. The van der Waals surface area contributed by atoms with Gasteiger partial charge < -0.3 is 29.2 Å². The number of unbranched alkanes of at least 4 members (excludes halogenated alkanes) is 6. The number of carbonyl (C=O) groups excluding carboxylic acids is 2. The Morgan fingerprint density at radius 3 is 1.03 bits per heavy atom. The van der Waals surface area contributed by atoms with Crippen LogP contribution in [0, 0.1) is 23.7 Å². The molecular weight excluding hydrogens is 809 g/mol. The lowest BCUT2D eigenvalue weighted by atomic mass is 9.75.